The highest BCUT2D eigenvalue weighted by atomic mass is 19.3. The number of alkyl halides is 2. The first-order valence-electron chi connectivity index (χ1n) is 12.8. The molecule has 0 N–H and O–H groups in total. The Bertz CT molecular complexity index is 1280. The van der Waals surface area contributed by atoms with Gasteiger partial charge in [0.2, 0.25) is 0 Å². The van der Waals surface area contributed by atoms with Crippen LogP contribution in [0.15, 0.2) is 72.8 Å². The molecule has 2 fully saturated rings. The molecule has 2 heterocycles. The minimum atomic E-state index is -2.92. The van der Waals surface area contributed by atoms with Crippen LogP contribution < -0.4 is 4.74 Å². The van der Waals surface area contributed by atoms with Gasteiger partial charge >= 0.3 is 12.7 Å². The number of nitrogens with zero attached hydrogens (tertiary/aromatic N) is 1. The van der Waals surface area contributed by atoms with Gasteiger partial charge in [0.1, 0.15) is 12.4 Å². The van der Waals surface area contributed by atoms with E-state index in [1.165, 1.54) is 35.4 Å². The van der Waals surface area contributed by atoms with Gasteiger partial charge in [-0.2, -0.15) is 8.78 Å². The van der Waals surface area contributed by atoms with E-state index < -0.39 is 6.61 Å². The number of hydrogen-bond donors (Lipinski definition) is 0. The normalized spacial score (nSPS) is 22.1. The van der Waals surface area contributed by atoms with Gasteiger partial charge in [-0.15, -0.1) is 0 Å². The van der Waals surface area contributed by atoms with Crippen molar-refractivity contribution in [3.05, 3.63) is 89.5 Å². The third-order valence-corrected chi connectivity index (χ3v) is 7.80. The summed E-state index contributed by atoms with van der Waals surface area (Å²) in [4.78, 5) is 28.3. The summed E-state index contributed by atoms with van der Waals surface area (Å²) in [7, 11) is 0. The van der Waals surface area contributed by atoms with Gasteiger partial charge in [0, 0.05) is 17.4 Å². The summed E-state index contributed by atoms with van der Waals surface area (Å²) in [5.74, 6) is -0.392. The summed E-state index contributed by atoms with van der Waals surface area (Å²) in [6.07, 6.45) is 0.522. The fourth-order valence-corrected chi connectivity index (χ4v) is 6.13. The molecule has 196 valence electrons. The van der Waals surface area contributed by atoms with Gasteiger partial charge in [-0.1, -0.05) is 48.5 Å². The molecule has 6 nitrogen and oxygen atoms in total. The van der Waals surface area contributed by atoms with Gasteiger partial charge in [-0.3, -0.25) is 9.69 Å². The van der Waals surface area contributed by atoms with Crippen LogP contribution in [-0.4, -0.2) is 55.3 Å². The van der Waals surface area contributed by atoms with E-state index >= 15 is 0 Å². The van der Waals surface area contributed by atoms with Crippen molar-refractivity contribution < 1.29 is 32.6 Å². The number of fused-ring (bicyclic) bond motifs is 5. The average molecular weight is 520 g/mol. The molecule has 0 aromatic heterocycles. The van der Waals surface area contributed by atoms with Crippen LogP contribution in [0, 0.1) is 5.92 Å². The number of carbonyl (C=O) groups is 2. The number of rotatable bonds is 6. The highest BCUT2D eigenvalue weighted by Crippen LogP contribution is 2.44. The second kappa shape index (κ2) is 10.2. The Kier molecular flexibility index (Phi) is 6.57. The predicted molar refractivity (Wildman–Crippen MR) is 135 cm³/mol. The predicted octanol–water partition coefficient (Wildman–Crippen LogP) is 5.90. The van der Waals surface area contributed by atoms with Gasteiger partial charge in [-0.25, -0.2) is 4.79 Å². The average Bonchev–Trinajstić information content (AvgIpc) is 3.24. The van der Waals surface area contributed by atoms with Gasteiger partial charge in [0.05, 0.1) is 25.3 Å². The first-order chi connectivity index (χ1) is 18.5. The quantitative estimate of drug-likeness (QED) is 0.380. The molecule has 0 radical (unpaired) electrons. The number of ketones is 1. The molecule has 6 rings (SSSR count). The maximum absolute atomic E-state index is 13.4. The molecule has 0 spiro atoms. The zero-order chi connectivity index (χ0) is 26.2. The van der Waals surface area contributed by atoms with Gasteiger partial charge in [0.25, 0.3) is 0 Å². The molecular weight excluding hydrogens is 492 g/mol. The topological polar surface area (TPSA) is 65.1 Å². The smallest absolute Gasteiger partial charge is 0.410 e. The Morgan fingerprint density at radius 3 is 2.03 bits per heavy atom. The molecule has 3 aliphatic rings. The Labute approximate surface area is 219 Å². The minimum absolute atomic E-state index is 0.00638. The lowest BCUT2D eigenvalue weighted by molar-refractivity contribution is -0.0747. The highest BCUT2D eigenvalue weighted by Gasteiger charge is 2.45. The van der Waals surface area contributed by atoms with E-state index in [0.29, 0.717) is 31.6 Å². The summed E-state index contributed by atoms with van der Waals surface area (Å²) in [5.41, 5.74) is 5.08. The Hall–Kier alpha value is -3.78. The van der Waals surface area contributed by atoms with Crippen LogP contribution in [0.1, 0.15) is 40.2 Å². The van der Waals surface area contributed by atoms with Crippen LogP contribution in [0.25, 0.3) is 11.1 Å². The fraction of sp³-hybridized carbons (Fsp3) is 0.333. The number of morpholine rings is 1. The first-order valence-corrected chi connectivity index (χ1v) is 12.8. The summed E-state index contributed by atoms with van der Waals surface area (Å²) in [6, 6.07) is 21.6. The zero-order valence-electron chi connectivity index (χ0n) is 20.6. The molecule has 1 amide bonds. The maximum atomic E-state index is 13.4. The Morgan fingerprint density at radius 2 is 1.45 bits per heavy atom. The van der Waals surface area contributed by atoms with Crippen molar-refractivity contribution in [2.24, 2.45) is 5.92 Å². The first kappa shape index (κ1) is 24.6. The summed E-state index contributed by atoms with van der Waals surface area (Å²) in [5, 5.41) is 0. The monoisotopic (exact) mass is 519 g/mol. The largest absolute Gasteiger partial charge is 0.448 e. The molecule has 3 aromatic carbocycles. The van der Waals surface area contributed by atoms with E-state index in [2.05, 4.69) is 29.0 Å². The molecule has 3 aromatic rings. The molecule has 8 heteroatoms. The minimum Gasteiger partial charge on any atom is -0.448 e. The van der Waals surface area contributed by atoms with Crippen LogP contribution in [0.3, 0.4) is 0 Å². The maximum Gasteiger partial charge on any atom is 0.410 e. The number of halogens is 2. The van der Waals surface area contributed by atoms with Crippen LogP contribution >= 0.6 is 0 Å². The second-order valence-electron chi connectivity index (χ2n) is 9.99. The molecular formula is C30H27F2NO5. The third kappa shape index (κ3) is 4.53. The standard InChI is InChI=1S/C30H27F2NO5/c31-29(32)38-22-11-9-18(10-12-22)28(34)19-13-20-15-36-16-21(14-19)33(20)30(35)37-17-27-25-7-3-1-5-23(25)24-6-2-4-8-26(24)27/h1-12,19-21,27,29H,13-17H2. The van der Waals surface area contributed by atoms with Crippen molar-refractivity contribution in [2.75, 3.05) is 19.8 Å². The summed E-state index contributed by atoms with van der Waals surface area (Å²) in [6.45, 7) is -2.01. The van der Waals surface area contributed by atoms with Crippen molar-refractivity contribution in [2.45, 2.75) is 37.5 Å². The third-order valence-electron chi connectivity index (χ3n) is 7.80. The SMILES string of the molecule is O=C(c1ccc(OC(F)F)cc1)C1CC2COCC(C1)N2C(=O)OCC1c2ccccc2-c2ccccc21. The molecule has 38 heavy (non-hydrogen) atoms. The van der Waals surface area contributed by atoms with Gasteiger partial charge < -0.3 is 14.2 Å². The molecule has 2 saturated heterocycles. The van der Waals surface area contributed by atoms with Crippen LogP contribution in [0.2, 0.25) is 0 Å². The number of Topliss-reactive ketones (excluding diaryl/α,β-unsaturated/α-hetero) is 1. The molecule has 1 aliphatic carbocycles. The second-order valence-corrected chi connectivity index (χ2v) is 9.99. The van der Waals surface area contributed by atoms with Crippen LogP contribution in [-0.2, 0) is 9.47 Å². The van der Waals surface area contributed by atoms with Gasteiger partial charge in [0.15, 0.2) is 5.78 Å². The zero-order valence-corrected chi connectivity index (χ0v) is 20.6. The number of carbonyl (C=O) groups excluding carboxylic acids is 2. The van der Waals surface area contributed by atoms with Crippen molar-refractivity contribution in [3.63, 3.8) is 0 Å². The Balaban J connectivity index is 1.13. The number of amides is 1. The highest BCUT2D eigenvalue weighted by molar-refractivity contribution is 5.98. The van der Waals surface area contributed by atoms with E-state index in [1.54, 1.807) is 4.90 Å². The molecule has 2 atom stereocenters. The van der Waals surface area contributed by atoms with Crippen molar-refractivity contribution in [3.8, 4) is 16.9 Å². The molecule has 2 unspecified atom stereocenters. The van der Waals surface area contributed by atoms with E-state index in [1.807, 2.05) is 24.3 Å². The molecule has 2 bridgehead atoms. The van der Waals surface area contributed by atoms with Gasteiger partial charge in [-0.05, 0) is 59.4 Å². The van der Waals surface area contributed by atoms with Crippen molar-refractivity contribution in [1.82, 2.24) is 4.90 Å². The summed E-state index contributed by atoms with van der Waals surface area (Å²) >= 11 is 0. The van der Waals surface area contributed by atoms with E-state index in [4.69, 9.17) is 9.47 Å². The van der Waals surface area contributed by atoms with Crippen molar-refractivity contribution in [1.29, 1.82) is 0 Å². The fourth-order valence-electron chi connectivity index (χ4n) is 6.13. The number of piperidine rings is 1. The number of hydrogen-bond acceptors (Lipinski definition) is 5. The Morgan fingerprint density at radius 1 is 0.868 bits per heavy atom. The number of ether oxygens (including phenoxy) is 3. The van der Waals surface area contributed by atoms with Crippen LogP contribution in [0.5, 0.6) is 5.75 Å². The lowest BCUT2D eigenvalue weighted by Gasteiger charge is -2.47. The molecule has 2 aliphatic heterocycles. The number of benzene rings is 3. The van der Waals surface area contributed by atoms with Crippen molar-refractivity contribution >= 4 is 11.9 Å². The molecule has 0 saturated carbocycles. The van der Waals surface area contributed by atoms with E-state index in [9.17, 15) is 18.4 Å². The van der Waals surface area contributed by atoms with E-state index in [0.717, 1.165) is 11.1 Å². The van der Waals surface area contributed by atoms with Crippen LogP contribution in [0.4, 0.5) is 13.6 Å². The lowest BCUT2D eigenvalue weighted by atomic mass is 9.81. The van der Waals surface area contributed by atoms with E-state index in [-0.39, 0.29) is 48.2 Å². The lowest BCUT2D eigenvalue weighted by Crippen LogP contribution is -2.60. The summed E-state index contributed by atoms with van der Waals surface area (Å²) < 4.78 is 40.9.